The van der Waals surface area contributed by atoms with Crippen LogP contribution in [-0.2, 0) is 6.54 Å². The lowest BCUT2D eigenvalue weighted by molar-refractivity contribution is 0.244. The molecule has 1 atom stereocenters. The van der Waals surface area contributed by atoms with Crippen LogP contribution in [-0.4, -0.2) is 45.7 Å². The van der Waals surface area contributed by atoms with Crippen LogP contribution in [0.25, 0.3) is 10.6 Å². The van der Waals surface area contributed by atoms with Crippen molar-refractivity contribution in [1.82, 2.24) is 25.1 Å². The molecule has 0 aliphatic carbocycles. The Morgan fingerprint density at radius 3 is 3.04 bits per heavy atom. The lowest BCUT2D eigenvalue weighted by Gasteiger charge is -2.24. The number of aromatic amines is 1. The molecule has 1 saturated heterocycles. The van der Waals surface area contributed by atoms with E-state index in [1.165, 1.54) is 16.9 Å². The molecule has 1 aliphatic heterocycles. The Labute approximate surface area is 151 Å². The normalized spacial score (nSPS) is 17.9. The van der Waals surface area contributed by atoms with E-state index in [9.17, 15) is 0 Å². The summed E-state index contributed by atoms with van der Waals surface area (Å²) in [6.07, 6.45) is 7.98. The van der Waals surface area contributed by atoms with Crippen molar-refractivity contribution in [3.63, 3.8) is 0 Å². The number of nitrogens with zero attached hydrogens (tertiary/aromatic N) is 5. The number of likely N-dealkylation sites (tertiary alicyclic amines) is 1. The van der Waals surface area contributed by atoms with Gasteiger partial charge >= 0.3 is 0 Å². The maximum Gasteiger partial charge on any atom is 0.146 e. The topological polar surface area (TPSA) is 60.9 Å². The summed E-state index contributed by atoms with van der Waals surface area (Å²) in [5.41, 5.74) is 3.43. The molecule has 3 aromatic rings. The third-order valence-electron chi connectivity index (χ3n) is 4.66. The highest BCUT2D eigenvalue weighted by atomic mass is 32.1. The largest absolute Gasteiger partial charge is 0.361 e. The van der Waals surface area contributed by atoms with Crippen molar-refractivity contribution in [2.24, 2.45) is 0 Å². The minimum Gasteiger partial charge on any atom is -0.361 e. The molecule has 0 saturated carbocycles. The summed E-state index contributed by atoms with van der Waals surface area (Å²) in [6.45, 7) is 1.95. The van der Waals surface area contributed by atoms with Crippen molar-refractivity contribution in [3.05, 3.63) is 47.4 Å². The summed E-state index contributed by atoms with van der Waals surface area (Å²) in [6, 6.07) is 4.53. The minimum absolute atomic E-state index is 0.318. The first-order valence-electron chi connectivity index (χ1n) is 8.52. The van der Waals surface area contributed by atoms with Crippen LogP contribution in [0.2, 0.25) is 0 Å². The molecule has 0 radical (unpaired) electrons. The molecule has 6 nitrogen and oxygen atoms in total. The Morgan fingerprint density at radius 1 is 1.32 bits per heavy atom. The Kier molecular flexibility index (Phi) is 4.50. The molecule has 1 fully saturated rings. The Balaban J connectivity index is 1.57. The van der Waals surface area contributed by atoms with E-state index in [0.717, 1.165) is 36.7 Å². The smallest absolute Gasteiger partial charge is 0.146 e. The highest BCUT2D eigenvalue weighted by Gasteiger charge is 2.28. The molecule has 0 spiro atoms. The van der Waals surface area contributed by atoms with Crippen LogP contribution in [0.15, 0.2) is 36.1 Å². The first-order valence-corrected chi connectivity index (χ1v) is 9.40. The fourth-order valence-corrected chi connectivity index (χ4v) is 4.14. The monoisotopic (exact) mass is 354 g/mol. The molecular weight excluding hydrogens is 332 g/mol. The minimum atomic E-state index is 0.318. The second kappa shape index (κ2) is 6.93. The zero-order chi connectivity index (χ0) is 17.2. The molecular formula is C18H22N6S. The van der Waals surface area contributed by atoms with Crippen LogP contribution in [0.4, 0.5) is 5.82 Å². The molecule has 1 aliphatic rings. The first-order chi connectivity index (χ1) is 12.2. The molecule has 130 valence electrons. The third-order valence-corrected chi connectivity index (χ3v) is 5.55. The van der Waals surface area contributed by atoms with Gasteiger partial charge in [0.1, 0.15) is 5.82 Å². The van der Waals surface area contributed by atoms with E-state index in [-0.39, 0.29) is 0 Å². The van der Waals surface area contributed by atoms with Crippen LogP contribution in [0.1, 0.15) is 30.1 Å². The standard InChI is InChI=1S/C18H22N6S/c1-23(2)17-11-19-10-14(21-17)15-5-3-7-24(15)12-13-9-20-22-18(13)16-6-4-8-25-16/h4,6,8-11,15H,3,5,7,12H2,1-2H3,(H,20,22). The summed E-state index contributed by atoms with van der Waals surface area (Å²) < 4.78 is 0. The van der Waals surface area contributed by atoms with Crippen LogP contribution in [0.5, 0.6) is 0 Å². The van der Waals surface area contributed by atoms with E-state index in [0.29, 0.717) is 6.04 Å². The lowest BCUT2D eigenvalue weighted by atomic mass is 10.1. The van der Waals surface area contributed by atoms with Gasteiger partial charge in [0.25, 0.3) is 0 Å². The van der Waals surface area contributed by atoms with Crippen molar-refractivity contribution >= 4 is 17.2 Å². The Morgan fingerprint density at radius 2 is 2.24 bits per heavy atom. The zero-order valence-electron chi connectivity index (χ0n) is 14.5. The van der Waals surface area contributed by atoms with E-state index < -0.39 is 0 Å². The number of nitrogens with one attached hydrogen (secondary N) is 1. The van der Waals surface area contributed by atoms with Crippen molar-refractivity contribution in [2.45, 2.75) is 25.4 Å². The predicted octanol–water partition coefficient (Wildman–Crippen LogP) is 3.33. The van der Waals surface area contributed by atoms with E-state index in [2.05, 4.69) is 37.6 Å². The molecule has 1 unspecified atom stereocenters. The molecule has 0 bridgehead atoms. The molecule has 0 aromatic carbocycles. The highest BCUT2D eigenvalue weighted by molar-refractivity contribution is 7.13. The van der Waals surface area contributed by atoms with Crippen molar-refractivity contribution < 1.29 is 0 Å². The number of hydrogen-bond donors (Lipinski definition) is 1. The Bertz CT molecular complexity index is 826. The van der Waals surface area contributed by atoms with Gasteiger partial charge in [0.05, 0.1) is 40.9 Å². The van der Waals surface area contributed by atoms with E-state index in [1.807, 2.05) is 37.6 Å². The Hall–Kier alpha value is -2.25. The maximum absolute atomic E-state index is 4.81. The van der Waals surface area contributed by atoms with Gasteiger partial charge in [0, 0.05) is 26.2 Å². The number of hydrogen-bond acceptors (Lipinski definition) is 6. The molecule has 1 N–H and O–H groups in total. The summed E-state index contributed by atoms with van der Waals surface area (Å²) >= 11 is 1.74. The fraction of sp³-hybridized carbons (Fsp3) is 0.389. The van der Waals surface area contributed by atoms with Crippen LogP contribution in [0.3, 0.4) is 0 Å². The van der Waals surface area contributed by atoms with Crippen LogP contribution in [0, 0.1) is 0 Å². The highest BCUT2D eigenvalue weighted by Crippen LogP contribution is 2.34. The third kappa shape index (κ3) is 3.29. The average molecular weight is 354 g/mol. The first kappa shape index (κ1) is 16.2. The molecule has 4 rings (SSSR count). The lowest BCUT2D eigenvalue weighted by Crippen LogP contribution is -2.24. The fourth-order valence-electron chi connectivity index (χ4n) is 3.38. The molecule has 0 amide bonds. The molecule has 7 heteroatoms. The van der Waals surface area contributed by atoms with Gasteiger partial charge in [-0.25, -0.2) is 4.98 Å². The summed E-state index contributed by atoms with van der Waals surface area (Å²) in [7, 11) is 4.00. The number of aromatic nitrogens is 4. The SMILES string of the molecule is CN(C)c1cncc(C2CCCN2Cc2cn[nH]c2-c2cccs2)n1. The van der Waals surface area contributed by atoms with Gasteiger partial charge in [-0.2, -0.15) is 5.10 Å². The summed E-state index contributed by atoms with van der Waals surface area (Å²) in [4.78, 5) is 14.9. The number of anilines is 1. The van der Waals surface area contributed by atoms with Gasteiger partial charge in [-0.1, -0.05) is 6.07 Å². The van der Waals surface area contributed by atoms with E-state index in [1.54, 1.807) is 11.3 Å². The summed E-state index contributed by atoms with van der Waals surface area (Å²) in [5.74, 6) is 0.909. The van der Waals surface area contributed by atoms with Gasteiger partial charge in [-0.3, -0.25) is 15.0 Å². The molecule has 3 aromatic heterocycles. The van der Waals surface area contributed by atoms with Gasteiger partial charge in [0.15, 0.2) is 0 Å². The number of rotatable bonds is 5. The van der Waals surface area contributed by atoms with E-state index >= 15 is 0 Å². The quantitative estimate of drug-likeness (QED) is 0.761. The maximum atomic E-state index is 4.81. The summed E-state index contributed by atoms with van der Waals surface area (Å²) in [5, 5.41) is 9.53. The van der Waals surface area contributed by atoms with Crippen molar-refractivity contribution in [3.8, 4) is 10.6 Å². The van der Waals surface area contributed by atoms with E-state index in [4.69, 9.17) is 4.98 Å². The number of H-pyrrole nitrogens is 1. The average Bonchev–Trinajstić information content (AvgIpc) is 3.36. The van der Waals surface area contributed by atoms with Gasteiger partial charge in [-0.05, 0) is 30.8 Å². The van der Waals surface area contributed by atoms with Crippen LogP contribution < -0.4 is 4.90 Å². The molecule has 4 heterocycles. The second-order valence-corrected chi connectivity index (χ2v) is 7.52. The van der Waals surface area contributed by atoms with Crippen molar-refractivity contribution in [1.29, 1.82) is 0 Å². The van der Waals surface area contributed by atoms with Gasteiger partial charge < -0.3 is 4.90 Å². The van der Waals surface area contributed by atoms with Crippen LogP contribution >= 0.6 is 11.3 Å². The number of thiophene rings is 1. The zero-order valence-corrected chi connectivity index (χ0v) is 15.3. The predicted molar refractivity (Wildman–Crippen MR) is 101 cm³/mol. The van der Waals surface area contributed by atoms with Gasteiger partial charge in [-0.15, -0.1) is 11.3 Å². The molecule has 25 heavy (non-hydrogen) atoms. The van der Waals surface area contributed by atoms with Crippen molar-refractivity contribution in [2.75, 3.05) is 25.5 Å². The van der Waals surface area contributed by atoms with Gasteiger partial charge in [0.2, 0.25) is 0 Å². The second-order valence-electron chi connectivity index (χ2n) is 6.57.